The first-order chi connectivity index (χ1) is 26.3. The van der Waals surface area contributed by atoms with Gasteiger partial charge in [-0.15, -0.1) is 0 Å². The standard InChI is InChI=1S/C50H31N3/c1-2-18-36(19-3-1)53-45-27-11-10-23-40(45)44-31-34(28-29-46(44)53)33-16-12-17-35(30-33)47-48(41-26-13-15-32-14-4-5-20-37(32)41)52-50-43-25-9-7-22-39(43)38-21-6-8-24-42(38)49(50)51-47/h1-31H. The zero-order chi connectivity index (χ0) is 34.9. The summed E-state index contributed by atoms with van der Waals surface area (Å²) in [7, 11) is 0. The van der Waals surface area contributed by atoms with E-state index >= 15 is 0 Å². The SMILES string of the molecule is c1ccc(-n2c3ccccc3c3cc(-c4cccc(-c5nc6c7ccccc7c7ccccc7c6nc5-c5cccc6ccccc56)c4)ccc32)cc1. The Bertz CT molecular complexity index is 3220. The van der Waals surface area contributed by atoms with Gasteiger partial charge in [-0.25, -0.2) is 9.97 Å². The van der Waals surface area contributed by atoms with Gasteiger partial charge in [0.25, 0.3) is 0 Å². The first kappa shape index (κ1) is 29.6. The van der Waals surface area contributed by atoms with Crippen molar-refractivity contribution in [2.24, 2.45) is 0 Å². The second-order valence-electron chi connectivity index (χ2n) is 13.7. The Morgan fingerprint density at radius 1 is 0.321 bits per heavy atom. The fourth-order valence-electron chi connectivity index (χ4n) is 8.33. The van der Waals surface area contributed by atoms with Crippen LogP contribution in [0.3, 0.4) is 0 Å². The molecule has 2 heterocycles. The fraction of sp³-hybridized carbons (Fsp3) is 0. The Balaban J connectivity index is 1.17. The van der Waals surface area contributed by atoms with Crippen LogP contribution < -0.4 is 0 Å². The number of hydrogen-bond donors (Lipinski definition) is 0. The predicted octanol–water partition coefficient (Wildman–Crippen LogP) is 13.2. The molecule has 2 aromatic heterocycles. The highest BCUT2D eigenvalue weighted by Crippen LogP contribution is 2.41. The summed E-state index contributed by atoms with van der Waals surface area (Å²) in [6.45, 7) is 0. The zero-order valence-electron chi connectivity index (χ0n) is 28.7. The van der Waals surface area contributed by atoms with Crippen LogP contribution >= 0.6 is 0 Å². The Morgan fingerprint density at radius 3 is 1.64 bits per heavy atom. The molecule has 9 aromatic carbocycles. The van der Waals surface area contributed by atoms with Crippen LogP contribution in [0, 0.1) is 0 Å². The predicted molar refractivity (Wildman–Crippen MR) is 223 cm³/mol. The first-order valence-corrected chi connectivity index (χ1v) is 18.1. The average molecular weight is 674 g/mol. The van der Waals surface area contributed by atoms with Crippen LogP contribution in [0.4, 0.5) is 0 Å². The molecule has 0 amide bonds. The summed E-state index contributed by atoms with van der Waals surface area (Å²) in [5, 5.41) is 9.39. The maximum absolute atomic E-state index is 5.60. The van der Waals surface area contributed by atoms with Gasteiger partial charge in [0.1, 0.15) is 0 Å². The molecule has 11 rings (SSSR count). The molecule has 3 heteroatoms. The van der Waals surface area contributed by atoms with Crippen molar-refractivity contribution in [2.45, 2.75) is 0 Å². The molecule has 0 aliphatic heterocycles. The van der Waals surface area contributed by atoms with Gasteiger partial charge < -0.3 is 4.57 Å². The van der Waals surface area contributed by atoms with Crippen LogP contribution in [0.25, 0.3) is 104 Å². The van der Waals surface area contributed by atoms with E-state index in [1.807, 2.05) is 0 Å². The van der Waals surface area contributed by atoms with E-state index in [0.717, 1.165) is 66.5 Å². The van der Waals surface area contributed by atoms with Crippen LogP contribution in [0.2, 0.25) is 0 Å². The van der Waals surface area contributed by atoms with Crippen molar-refractivity contribution in [2.75, 3.05) is 0 Å². The third-order valence-corrected chi connectivity index (χ3v) is 10.8. The highest BCUT2D eigenvalue weighted by atomic mass is 15.0. The van der Waals surface area contributed by atoms with Crippen LogP contribution in [0.1, 0.15) is 0 Å². The summed E-state index contributed by atoms with van der Waals surface area (Å²) in [5.74, 6) is 0. The molecular formula is C50H31N3. The topological polar surface area (TPSA) is 30.7 Å². The van der Waals surface area contributed by atoms with Crippen LogP contribution in [0.5, 0.6) is 0 Å². The second kappa shape index (κ2) is 11.7. The summed E-state index contributed by atoms with van der Waals surface area (Å²) >= 11 is 0. The third-order valence-electron chi connectivity index (χ3n) is 10.8. The lowest BCUT2D eigenvalue weighted by Crippen LogP contribution is -1.98. The van der Waals surface area contributed by atoms with Crippen molar-refractivity contribution in [3.05, 3.63) is 188 Å². The lowest BCUT2D eigenvalue weighted by molar-refractivity contribution is 1.18. The lowest BCUT2D eigenvalue weighted by atomic mass is 9.94. The molecular weight excluding hydrogens is 643 g/mol. The van der Waals surface area contributed by atoms with Gasteiger partial charge in [-0.3, -0.25) is 0 Å². The quantitative estimate of drug-likeness (QED) is 0.174. The molecule has 0 radical (unpaired) electrons. The maximum atomic E-state index is 5.60. The highest BCUT2D eigenvalue weighted by Gasteiger charge is 2.20. The second-order valence-corrected chi connectivity index (χ2v) is 13.7. The van der Waals surface area contributed by atoms with E-state index in [4.69, 9.17) is 9.97 Å². The average Bonchev–Trinajstić information content (AvgIpc) is 3.57. The molecule has 0 saturated heterocycles. The van der Waals surface area contributed by atoms with Gasteiger partial charge in [-0.1, -0.05) is 152 Å². The van der Waals surface area contributed by atoms with E-state index in [9.17, 15) is 0 Å². The van der Waals surface area contributed by atoms with Gasteiger partial charge in [0.05, 0.1) is 33.5 Å². The number of nitrogens with zero attached hydrogens (tertiary/aromatic N) is 3. The zero-order valence-corrected chi connectivity index (χ0v) is 28.7. The minimum atomic E-state index is 0.873. The van der Waals surface area contributed by atoms with E-state index in [2.05, 4.69) is 193 Å². The van der Waals surface area contributed by atoms with Gasteiger partial charge in [-0.05, 0) is 69.1 Å². The molecule has 0 aliphatic rings. The molecule has 11 aromatic rings. The Labute approximate surface area is 306 Å². The molecule has 0 atom stereocenters. The van der Waals surface area contributed by atoms with Crippen molar-refractivity contribution in [3.8, 4) is 39.3 Å². The number of aromatic nitrogens is 3. The van der Waals surface area contributed by atoms with Gasteiger partial charge in [0.15, 0.2) is 0 Å². The molecule has 0 unspecified atom stereocenters. The van der Waals surface area contributed by atoms with E-state index in [0.29, 0.717) is 0 Å². The highest BCUT2D eigenvalue weighted by molar-refractivity contribution is 6.23. The molecule has 0 saturated carbocycles. The molecule has 0 fully saturated rings. The normalized spacial score (nSPS) is 11.8. The maximum Gasteiger partial charge on any atom is 0.0979 e. The van der Waals surface area contributed by atoms with Crippen molar-refractivity contribution in [1.82, 2.24) is 14.5 Å². The molecule has 0 N–H and O–H groups in total. The Kier molecular flexibility index (Phi) is 6.55. The smallest absolute Gasteiger partial charge is 0.0979 e. The molecule has 3 nitrogen and oxygen atoms in total. The van der Waals surface area contributed by atoms with E-state index < -0.39 is 0 Å². The van der Waals surface area contributed by atoms with Crippen LogP contribution in [-0.2, 0) is 0 Å². The number of hydrogen-bond acceptors (Lipinski definition) is 2. The Hall–Kier alpha value is -7.10. The number of benzene rings is 9. The van der Waals surface area contributed by atoms with Gasteiger partial charge in [0, 0.05) is 38.4 Å². The number of fused-ring (bicyclic) bond motifs is 10. The van der Waals surface area contributed by atoms with Gasteiger partial charge in [0.2, 0.25) is 0 Å². The minimum absolute atomic E-state index is 0.873. The first-order valence-electron chi connectivity index (χ1n) is 18.1. The molecule has 0 spiro atoms. The van der Waals surface area contributed by atoms with Crippen LogP contribution in [0.15, 0.2) is 188 Å². The number of rotatable bonds is 4. The van der Waals surface area contributed by atoms with E-state index in [1.54, 1.807) is 0 Å². The number of para-hydroxylation sites is 2. The van der Waals surface area contributed by atoms with Crippen molar-refractivity contribution >= 4 is 65.2 Å². The van der Waals surface area contributed by atoms with E-state index in [-0.39, 0.29) is 0 Å². The summed E-state index contributed by atoms with van der Waals surface area (Å²) < 4.78 is 2.36. The Morgan fingerprint density at radius 2 is 0.868 bits per heavy atom. The molecule has 0 bridgehead atoms. The largest absolute Gasteiger partial charge is 0.309 e. The summed E-state index contributed by atoms with van der Waals surface area (Å²) in [6, 6.07) is 67.2. The molecule has 53 heavy (non-hydrogen) atoms. The summed E-state index contributed by atoms with van der Waals surface area (Å²) in [6.07, 6.45) is 0. The monoisotopic (exact) mass is 673 g/mol. The van der Waals surface area contributed by atoms with E-state index in [1.165, 1.54) is 38.0 Å². The molecule has 246 valence electrons. The molecule has 0 aliphatic carbocycles. The van der Waals surface area contributed by atoms with Gasteiger partial charge >= 0.3 is 0 Å². The summed E-state index contributed by atoms with van der Waals surface area (Å²) in [4.78, 5) is 11.2. The van der Waals surface area contributed by atoms with Crippen molar-refractivity contribution in [1.29, 1.82) is 0 Å². The van der Waals surface area contributed by atoms with Gasteiger partial charge in [-0.2, -0.15) is 0 Å². The summed E-state index contributed by atoms with van der Waals surface area (Å²) in [5.41, 5.74) is 11.5. The van der Waals surface area contributed by atoms with Crippen molar-refractivity contribution in [3.63, 3.8) is 0 Å². The minimum Gasteiger partial charge on any atom is -0.309 e. The third kappa shape index (κ3) is 4.61. The lowest BCUT2D eigenvalue weighted by Gasteiger charge is -2.16. The fourth-order valence-corrected chi connectivity index (χ4v) is 8.33. The van der Waals surface area contributed by atoms with Crippen LogP contribution in [-0.4, -0.2) is 14.5 Å². The van der Waals surface area contributed by atoms with Crippen molar-refractivity contribution < 1.29 is 0 Å².